The Balaban J connectivity index is 0.000000226. The second-order valence-electron chi connectivity index (χ2n) is 9.33. The number of aromatic hydroxyl groups is 1. The molecule has 2 aromatic rings. The van der Waals surface area contributed by atoms with Gasteiger partial charge in [0.05, 0.1) is 36.4 Å². The van der Waals surface area contributed by atoms with Crippen LogP contribution in [0.3, 0.4) is 0 Å². The fourth-order valence-electron chi connectivity index (χ4n) is 4.47. The highest BCUT2D eigenvalue weighted by atomic mass is 32.1. The zero-order valence-corrected chi connectivity index (χ0v) is 25.7. The molecule has 0 saturated heterocycles. The van der Waals surface area contributed by atoms with Crippen LogP contribution in [-0.4, -0.2) is 64.4 Å². The largest absolute Gasteiger partial charge is 0.508 e. The van der Waals surface area contributed by atoms with Crippen molar-refractivity contribution in [2.75, 3.05) is 27.3 Å². The summed E-state index contributed by atoms with van der Waals surface area (Å²) in [5.74, 6) is -0.550. The molecule has 0 aromatic heterocycles. The Morgan fingerprint density at radius 2 is 1.22 bits per heavy atom. The molecule has 0 amide bonds. The first-order valence-corrected chi connectivity index (χ1v) is 14.0. The summed E-state index contributed by atoms with van der Waals surface area (Å²) in [7, 11) is 3.63. The van der Waals surface area contributed by atoms with Crippen molar-refractivity contribution in [3.63, 3.8) is 0 Å². The summed E-state index contributed by atoms with van der Waals surface area (Å²) in [5, 5.41) is 17.1. The molecule has 4 rings (SSSR count). The van der Waals surface area contributed by atoms with Crippen LogP contribution in [-0.2, 0) is 19.1 Å². The number of nitrogens with zero attached hydrogens (tertiary/aromatic N) is 2. The predicted octanol–water partition coefficient (Wildman–Crippen LogP) is 4.48. The molecule has 3 N–H and O–H groups in total. The average molecular weight is 597 g/mol. The zero-order chi connectivity index (χ0) is 30.3. The van der Waals surface area contributed by atoms with E-state index in [0.717, 1.165) is 22.5 Å². The number of allylic oxidation sites excluding steroid dienone is 2. The maximum atomic E-state index is 12.3. The van der Waals surface area contributed by atoms with Crippen molar-refractivity contribution in [1.82, 2.24) is 20.4 Å². The van der Waals surface area contributed by atoms with Crippen molar-refractivity contribution in [1.29, 1.82) is 0 Å². The molecule has 0 fully saturated rings. The van der Waals surface area contributed by atoms with E-state index in [-0.39, 0.29) is 23.7 Å². The van der Waals surface area contributed by atoms with Crippen LogP contribution in [0.15, 0.2) is 77.1 Å². The third-order valence-electron chi connectivity index (χ3n) is 6.84. The number of hydrogen-bond donors (Lipinski definition) is 3. The van der Waals surface area contributed by atoms with Crippen molar-refractivity contribution in [3.05, 3.63) is 88.3 Å². The number of benzene rings is 2. The molecule has 218 valence electrons. The number of hydrogen-bond acceptors (Lipinski definition) is 7. The molecule has 0 bridgehead atoms. The average Bonchev–Trinajstić information content (AvgIpc) is 2.95. The van der Waals surface area contributed by atoms with Gasteiger partial charge < -0.3 is 35.0 Å². The van der Waals surface area contributed by atoms with E-state index >= 15 is 0 Å². The second kappa shape index (κ2) is 14.1. The third kappa shape index (κ3) is 7.22. The molecule has 0 radical (unpaired) electrons. The smallest absolute Gasteiger partial charge is 0.338 e. The van der Waals surface area contributed by atoms with Gasteiger partial charge >= 0.3 is 11.9 Å². The molecule has 2 aliphatic heterocycles. The Hall–Kier alpha value is -3.96. The Bertz CT molecular complexity index is 1380. The van der Waals surface area contributed by atoms with Gasteiger partial charge in [-0.05, 0) is 75.4 Å². The van der Waals surface area contributed by atoms with Crippen molar-refractivity contribution in [2.24, 2.45) is 0 Å². The summed E-state index contributed by atoms with van der Waals surface area (Å²) in [6.45, 7) is 7.93. The number of ether oxygens (including phenoxy) is 2. The lowest BCUT2D eigenvalue weighted by Crippen LogP contribution is -2.46. The van der Waals surface area contributed by atoms with Gasteiger partial charge in [-0.15, -0.1) is 0 Å². The fourth-order valence-corrected chi connectivity index (χ4v) is 4.98. The first-order valence-electron chi connectivity index (χ1n) is 13.2. The molecule has 11 heteroatoms. The first-order chi connectivity index (χ1) is 19.5. The molecule has 0 spiro atoms. The summed E-state index contributed by atoms with van der Waals surface area (Å²) in [4.78, 5) is 28.1. The molecular formula is C30H36N4O5S2. The van der Waals surface area contributed by atoms with E-state index < -0.39 is 6.04 Å². The number of nitrogens with one attached hydrogen (secondary N) is 2. The molecule has 9 nitrogen and oxygen atoms in total. The van der Waals surface area contributed by atoms with Crippen molar-refractivity contribution >= 4 is 46.6 Å². The predicted molar refractivity (Wildman–Crippen MR) is 166 cm³/mol. The number of carbonyl (C=O) groups is 2. The van der Waals surface area contributed by atoms with Gasteiger partial charge in [-0.1, -0.05) is 42.5 Å². The van der Waals surface area contributed by atoms with Crippen LogP contribution in [0.2, 0.25) is 0 Å². The van der Waals surface area contributed by atoms with Gasteiger partial charge in [0, 0.05) is 25.5 Å². The van der Waals surface area contributed by atoms with Gasteiger partial charge in [-0.2, -0.15) is 0 Å². The van der Waals surface area contributed by atoms with Gasteiger partial charge in [-0.25, -0.2) is 9.59 Å². The van der Waals surface area contributed by atoms with Crippen LogP contribution >= 0.6 is 24.4 Å². The number of carbonyl (C=O) groups excluding carboxylic acids is 2. The number of thiocarbonyl (C=S) groups is 2. The molecule has 2 aromatic carbocycles. The number of rotatable bonds is 6. The van der Waals surface area contributed by atoms with Gasteiger partial charge in [0.2, 0.25) is 0 Å². The van der Waals surface area contributed by atoms with E-state index in [9.17, 15) is 14.7 Å². The summed E-state index contributed by atoms with van der Waals surface area (Å²) in [6, 6.07) is 15.8. The normalized spacial score (nSPS) is 18.7. The Morgan fingerprint density at radius 3 is 1.66 bits per heavy atom. The lowest BCUT2D eigenvalue weighted by Gasteiger charge is -2.35. The Morgan fingerprint density at radius 1 is 0.780 bits per heavy atom. The van der Waals surface area contributed by atoms with Crippen LogP contribution in [0.5, 0.6) is 5.75 Å². The standard InChI is InChI=1S/C15H18N2O3S.C15H18N2O2S/c1-4-20-14(19)12-9(2)17(3)15(21)16-13(12)10-6-5-7-11(18)8-10;1-4-19-14(18)12-10(2)17(3)15(20)16-13(12)11-8-6-5-7-9-11/h5-8,13,18H,4H2,1-3H3,(H,16,21);5-9,13H,4H2,1-3H3,(H,16,20). The monoisotopic (exact) mass is 596 g/mol. The van der Waals surface area contributed by atoms with E-state index in [4.69, 9.17) is 33.9 Å². The third-order valence-corrected chi connectivity index (χ3v) is 7.62. The van der Waals surface area contributed by atoms with E-state index in [1.807, 2.05) is 57.3 Å². The summed E-state index contributed by atoms with van der Waals surface area (Å²) in [6.07, 6.45) is 0. The highest BCUT2D eigenvalue weighted by Crippen LogP contribution is 2.32. The minimum absolute atomic E-state index is 0.139. The molecule has 2 unspecified atom stereocenters. The van der Waals surface area contributed by atoms with Crippen molar-refractivity contribution in [2.45, 2.75) is 39.8 Å². The fraction of sp³-hybridized carbons (Fsp3) is 0.333. The Kier molecular flexibility index (Phi) is 10.8. The second-order valence-corrected chi connectivity index (χ2v) is 10.1. The molecule has 0 saturated carbocycles. The van der Waals surface area contributed by atoms with Crippen molar-refractivity contribution < 1.29 is 24.2 Å². The molecular weight excluding hydrogens is 560 g/mol. The minimum Gasteiger partial charge on any atom is -0.508 e. The highest BCUT2D eigenvalue weighted by Gasteiger charge is 2.34. The maximum Gasteiger partial charge on any atom is 0.338 e. The van der Waals surface area contributed by atoms with Crippen LogP contribution < -0.4 is 10.6 Å². The van der Waals surface area contributed by atoms with E-state index in [2.05, 4.69) is 10.6 Å². The topological polar surface area (TPSA) is 103 Å². The van der Waals surface area contributed by atoms with E-state index in [1.54, 1.807) is 48.9 Å². The summed E-state index contributed by atoms with van der Waals surface area (Å²) < 4.78 is 10.3. The van der Waals surface area contributed by atoms with Gasteiger partial charge in [0.1, 0.15) is 5.75 Å². The number of phenols is 1. The van der Waals surface area contributed by atoms with E-state index in [0.29, 0.717) is 34.6 Å². The van der Waals surface area contributed by atoms with Gasteiger partial charge in [-0.3, -0.25) is 0 Å². The molecule has 0 aliphatic carbocycles. The summed E-state index contributed by atoms with van der Waals surface area (Å²) >= 11 is 10.6. The first kappa shape index (κ1) is 31.6. The number of phenolic OH excluding ortho intramolecular Hbond substituents is 1. The van der Waals surface area contributed by atoms with Gasteiger partial charge in [0.15, 0.2) is 10.2 Å². The van der Waals surface area contributed by atoms with Crippen LogP contribution in [0.1, 0.15) is 50.9 Å². The number of esters is 2. The molecule has 2 aliphatic rings. The minimum atomic E-state index is -0.431. The molecule has 41 heavy (non-hydrogen) atoms. The highest BCUT2D eigenvalue weighted by molar-refractivity contribution is 7.80. The maximum absolute atomic E-state index is 12.3. The quantitative estimate of drug-likeness (QED) is 0.325. The molecule has 2 heterocycles. The van der Waals surface area contributed by atoms with Gasteiger partial charge in [0.25, 0.3) is 0 Å². The van der Waals surface area contributed by atoms with Crippen molar-refractivity contribution in [3.8, 4) is 5.75 Å². The van der Waals surface area contributed by atoms with Crippen LogP contribution in [0.4, 0.5) is 0 Å². The zero-order valence-electron chi connectivity index (χ0n) is 24.1. The Labute approximate surface area is 251 Å². The molecule has 2 atom stereocenters. The van der Waals surface area contributed by atoms with Crippen LogP contribution in [0.25, 0.3) is 0 Å². The van der Waals surface area contributed by atoms with E-state index in [1.165, 1.54) is 0 Å². The SMILES string of the molecule is CCOC(=O)C1=C(C)N(C)C(=S)NC1c1cccc(O)c1.CCOC(=O)C1=C(C)N(C)C(=S)NC1c1ccccc1. The summed E-state index contributed by atoms with van der Waals surface area (Å²) in [5.41, 5.74) is 4.41. The lowest BCUT2D eigenvalue weighted by molar-refractivity contribution is -0.140. The lowest BCUT2D eigenvalue weighted by atomic mass is 9.95. The van der Waals surface area contributed by atoms with Crippen LogP contribution in [0, 0.1) is 0 Å².